The van der Waals surface area contributed by atoms with Gasteiger partial charge in [-0.15, -0.1) is 0 Å². The smallest absolute Gasteiger partial charge is 0.407 e. The molecule has 0 aliphatic rings. The van der Waals surface area contributed by atoms with Crippen LogP contribution in [0, 0.1) is 5.92 Å². The molecule has 9 nitrogen and oxygen atoms in total. The first-order valence-electron chi connectivity index (χ1n) is 23.1. The number of alkyl halides is 48. The molecule has 3 amide bonds. The van der Waals surface area contributed by atoms with Crippen molar-refractivity contribution in [2.75, 3.05) is 19.8 Å². The van der Waals surface area contributed by atoms with E-state index in [4.69, 9.17) is 0 Å². The number of amides is 3. The fourth-order valence-electron chi connectivity index (χ4n) is 7.24. The summed E-state index contributed by atoms with van der Waals surface area (Å²) >= 11 is 0. The first-order valence-corrected chi connectivity index (χ1v) is 23.1. The summed E-state index contributed by atoms with van der Waals surface area (Å²) in [6.45, 7) is -7.46. The summed E-state index contributed by atoms with van der Waals surface area (Å²) in [7, 11) is 0. The lowest BCUT2D eigenvalue weighted by Gasteiger charge is -2.46. The number of primary amides is 2. The minimum Gasteiger partial charge on any atom is -0.450 e. The van der Waals surface area contributed by atoms with E-state index < -0.39 is 238 Å². The van der Waals surface area contributed by atoms with Gasteiger partial charge in [-0.1, -0.05) is 0 Å². The maximum Gasteiger partial charge on any atom is 0.407 e. The number of nitrogens with one attached hydrogen (secondary N) is 1. The van der Waals surface area contributed by atoms with E-state index in [-0.39, 0.29) is 0 Å². The predicted octanol–water partition coefficient (Wildman–Crippen LogP) is 17.1. The summed E-state index contributed by atoms with van der Waals surface area (Å²) in [6, 6.07) is 0. The Morgan fingerprint density at radius 1 is 0.323 bits per heavy atom. The Kier molecular flexibility index (Phi) is 25.3. The largest absolute Gasteiger partial charge is 0.450 e. The van der Waals surface area contributed by atoms with Crippen LogP contribution in [0.5, 0.6) is 0 Å². The van der Waals surface area contributed by atoms with Crippen LogP contribution < -0.4 is 16.8 Å². The molecule has 57 heteroatoms. The van der Waals surface area contributed by atoms with Crippen LogP contribution in [0.2, 0.25) is 0 Å². The monoisotopic (exact) mass is 1550 g/mol. The van der Waals surface area contributed by atoms with Gasteiger partial charge in [-0.2, -0.15) is 184 Å². The summed E-state index contributed by atoms with van der Waals surface area (Å²) in [5.41, 5.74) is 2.53. The fraction of sp³-hybridized carbons (Fsp3) is 0.923. The van der Waals surface area contributed by atoms with E-state index in [9.17, 15) is 190 Å². The standard InChI is InChI=1S/C39H29F48N3O6/c40-12(41)22(52,53)28(64,65)34(76,77)37(82,83)31(70,71)25(58,59)19(46,47)8-18(96-16(89)92,9-20(48,49)26(60,61)32(72,73)38(84,85)35(78,79)29(66,67)23(54,55)13(42)43)5-1-3-11(4-2-6-94-15(88)91)7-90-17(93)95-10-21(50,51)27(62,63)33(74,75)39(86,87)36(80,81)30(68,69)24(56,57)14(44)45/h11-14H,1-10H2,(H2,88,91)(H2,89,92)(H,90,93). The Bertz CT molecular complexity index is 2570. The van der Waals surface area contributed by atoms with Gasteiger partial charge >= 0.3 is 162 Å². The van der Waals surface area contributed by atoms with Crippen molar-refractivity contribution in [1.82, 2.24) is 5.32 Å². The number of hydrogen-bond acceptors (Lipinski definition) is 6. The molecule has 0 aliphatic carbocycles. The van der Waals surface area contributed by atoms with E-state index in [0.717, 1.165) is 5.32 Å². The molecule has 572 valence electrons. The van der Waals surface area contributed by atoms with Crippen LogP contribution in [-0.2, 0) is 14.2 Å². The molecule has 0 bridgehead atoms. The molecule has 0 spiro atoms. The number of nitrogens with two attached hydrogens (primary N) is 2. The van der Waals surface area contributed by atoms with Crippen molar-refractivity contribution in [1.29, 1.82) is 0 Å². The van der Waals surface area contributed by atoms with Crippen LogP contribution in [0.4, 0.5) is 225 Å². The Balaban J connectivity index is 8.39. The first kappa shape index (κ1) is 90.4. The molecule has 0 aromatic heterocycles. The van der Waals surface area contributed by atoms with Gasteiger partial charge in [-0.05, 0) is 38.0 Å². The normalized spacial score (nSPS) is 16.2. The summed E-state index contributed by atoms with van der Waals surface area (Å²) in [4.78, 5) is 35.0. The molecule has 0 radical (unpaired) electrons. The Labute approximate surface area is 495 Å². The van der Waals surface area contributed by atoms with E-state index in [1.54, 1.807) is 0 Å². The second-order valence-corrected chi connectivity index (χ2v) is 19.5. The van der Waals surface area contributed by atoms with Crippen LogP contribution in [-0.4, -0.2) is 187 Å². The average molecular weight is 1550 g/mol. The Morgan fingerprint density at radius 3 is 0.833 bits per heavy atom. The minimum absolute atomic E-state index is 0.791. The highest BCUT2D eigenvalue weighted by molar-refractivity contribution is 5.67. The average Bonchev–Trinajstić information content (AvgIpc) is 0.711. The molecule has 1 unspecified atom stereocenters. The molecular weight excluding hydrogens is 1520 g/mol. The molecular formula is C39H29F48N3O6. The zero-order valence-electron chi connectivity index (χ0n) is 44.1. The molecule has 0 aliphatic heterocycles. The van der Waals surface area contributed by atoms with Crippen LogP contribution in [0.15, 0.2) is 0 Å². The van der Waals surface area contributed by atoms with E-state index in [1.165, 1.54) is 0 Å². The lowest BCUT2D eigenvalue weighted by atomic mass is 9.77. The van der Waals surface area contributed by atoms with Gasteiger partial charge in [0.1, 0.15) is 5.60 Å². The minimum atomic E-state index is -9.60. The van der Waals surface area contributed by atoms with Crippen molar-refractivity contribution in [2.24, 2.45) is 17.4 Å². The zero-order chi connectivity index (χ0) is 77.9. The second-order valence-electron chi connectivity index (χ2n) is 19.5. The van der Waals surface area contributed by atoms with Crippen molar-refractivity contribution in [3.05, 3.63) is 0 Å². The Hall–Kier alpha value is -5.55. The van der Waals surface area contributed by atoms with E-state index in [2.05, 4.69) is 25.7 Å². The number of carbonyl (C=O) groups is 3. The third-order valence-electron chi connectivity index (χ3n) is 12.8. The van der Waals surface area contributed by atoms with Crippen molar-refractivity contribution in [2.45, 2.75) is 194 Å². The van der Waals surface area contributed by atoms with Crippen LogP contribution in [0.1, 0.15) is 44.9 Å². The molecule has 96 heavy (non-hydrogen) atoms. The van der Waals surface area contributed by atoms with Gasteiger partial charge in [0, 0.05) is 6.54 Å². The Morgan fingerprint density at radius 2 is 0.573 bits per heavy atom. The SMILES string of the molecule is NC(=O)OCCCC(CCCC(CC(F)(F)C(F)(F)C(F)(F)C(F)(F)C(F)(F)C(F)(F)C(F)(F)C(F)F)(CC(F)(F)C(F)(F)C(F)(F)C(F)(F)C(F)(F)C(F)(F)C(F)(F)C(F)F)OC(N)=O)CNC(=O)OCC(F)(F)C(F)(F)C(F)(F)C(F)(F)C(F)(F)C(F)(F)C(F)(F)C(F)F. The van der Waals surface area contributed by atoms with Gasteiger partial charge in [0.25, 0.3) is 0 Å². The van der Waals surface area contributed by atoms with Crippen LogP contribution in [0.25, 0.3) is 0 Å². The van der Waals surface area contributed by atoms with Gasteiger partial charge in [0.05, 0.1) is 19.4 Å². The van der Waals surface area contributed by atoms with Crippen molar-refractivity contribution < 1.29 is 239 Å². The van der Waals surface area contributed by atoms with Crippen molar-refractivity contribution in [3.63, 3.8) is 0 Å². The maximum atomic E-state index is 15.6. The number of hydrogen-bond donors (Lipinski definition) is 3. The highest BCUT2D eigenvalue weighted by Gasteiger charge is 2.97. The molecule has 0 saturated carbocycles. The van der Waals surface area contributed by atoms with Gasteiger partial charge in [0.2, 0.25) is 0 Å². The lowest BCUT2D eigenvalue weighted by Crippen LogP contribution is -2.74. The molecule has 0 heterocycles. The topological polar surface area (TPSA) is 143 Å². The summed E-state index contributed by atoms with van der Waals surface area (Å²) in [6.07, 6.45) is -48.8. The third-order valence-corrected chi connectivity index (χ3v) is 12.8. The second kappa shape index (κ2) is 26.8. The van der Waals surface area contributed by atoms with Crippen molar-refractivity contribution in [3.8, 4) is 0 Å². The van der Waals surface area contributed by atoms with Crippen molar-refractivity contribution >= 4 is 18.3 Å². The maximum absolute atomic E-state index is 15.6. The quantitative estimate of drug-likeness (QED) is 0.0319. The van der Waals surface area contributed by atoms with Crippen LogP contribution in [0.3, 0.4) is 0 Å². The third kappa shape index (κ3) is 14.4. The molecule has 0 aromatic carbocycles. The number of ether oxygens (including phenoxy) is 3. The lowest BCUT2D eigenvalue weighted by molar-refractivity contribution is -0.450. The molecule has 5 N–H and O–H groups in total. The summed E-state index contributed by atoms with van der Waals surface area (Å²) in [5.74, 6) is -190. The summed E-state index contributed by atoms with van der Waals surface area (Å²) in [5, 5.41) is 0.791. The molecule has 0 saturated heterocycles. The first-order chi connectivity index (χ1) is 41.5. The van der Waals surface area contributed by atoms with Crippen LogP contribution >= 0.6 is 0 Å². The highest BCUT2D eigenvalue weighted by atomic mass is 19.4. The van der Waals surface area contributed by atoms with E-state index in [0.29, 0.717) is 0 Å². The highest BCUT2D eigenvalue weighted by Crippen LogP contribution is 2.68. The molecule has 1 atom stereocenters. The molecule has 0 aromatic rings. The van der Waals surface area contributed by atoms with Gasteiger partial charge in [-0.3, -0.25) is 0 Å². The van der Waals surface area contributed by atoms with Gasteiger partial charge in [-0.25, -0.2) is 40.7 Å². The van der Waals surface area contributed by atoms with Gasteiger partial charge in [0.15, 0.2) is 6.61 Å². The number of alkyl carbamates (subject to hydrolysis) is 1. The van der Waals surface area contributed by atoms with Gasteiger partial charge < -0.3 is 31.0 Å². The summed E-state index contributed by atoms with van der Waals surface area (Å²) < 4.78 is 686. The van der Waals surface area contributed by atoms with E-state index in [1.807, 2.05) is 0 Å². The molecule has 0 fully saturated rings. The predicted molar refractivity (Wildman–Crippen MR) is 206 cm³/mol. The fourth-order valence-corrected chi connectivity index (χ4v) is 7.24. The zero-order valence-corrected chi connectivity index (χ0v) is 44.1. The molecule has 0 rings (SSSR count). The number of carbonyl (C=O) groups excluding carboxylic acids is 3. The van der Waals surface area contributed by atoms with E-state index >= 15 is 35.1 Å². The number of halogens is 48. The number of rotatable bonds is 38.